The molecule has 24 heavy (non-hydrogen) atoms. The lowest BCUT2D eigenvalue weighted by Gasteiger charge is -2.13. The molecule has 0 bridgehead atoms. The second-order valence-electron chi connectivity index (χ2n) is 6.12. The summed E-state index contributed by atoms with van der Waals surface area (Å²) in [6.07, 6.45) is 3.54. The van der Waals surface area contributed by atoms with E-state index in [0.29, 0.717) is 26.4 Å². The topological polar surface area (TPSA) is 64.1 Å². The van der Waals surface area contributed by atoms with Crippen molar-refractivity contribution >= 4 is 11.6 Å². The van der Waals surface area contributed by atoms with Crippen LogP contribution in [-0.2, 0) is 4.74 Å². The molecule has 1 aliphatic heterocycles. The number of benzene rings is 1. The molecule has 1 saturated carbocycles. The molecule has 6 heteroatoms. The summed E-state index contributed by atoms with van der Waals surface area (Å²) in [5.41, 5.74) is 0.929. The maximum Gasteiger partial charge on any atom is 0.195 e. The van der Waals surface area contributed by atoms with Crippen molar-refractivity contribution in [3.8, 4) is 11.5 Å². The van der Waals surface area contributed by atoms with E-state index in [1.807, 2.05) is 18.2 Å². The van der Waals surface area contributed by atoms with Crippen molar-refractivity contribution < 1.29 is 14.2 Å². The summed E-state index contributed by atoms with van der Waals surface area (Å²) in [6, 6.07) is 5.87. The van der Waals surface area contributed by atoms with Crippen LogP contribution in [0.5, 0.6) is 11.5 Å². The summed E-state index contributed by atoms with van der Waals surface area (Å²) in [7, 11) is 0. The third-order valence-electron chi connectivity index (χ3n) is 3.91. The second-order valence-corrected chi connectivity index (χ2v) is 6.12. The molecular weight excluding hydrogens is 306 g/mol. The Morgan fingerprint density at radius 2 is 2.08 bits per heavy atom. The third-order valence-corrected chi connectivity index (χ3v) is 3.91. The fourth-order valence-corrected chi connectivity index (χ4v) is 2.44. The number of fused-ring (bicyclic) bond motifs is 1. The van der Waals surface area contributed by atoms with Crippen LogP contribution in [0.1, 0.15) is 26.2 Å². The van der Waals surface area contributed by atoms with Crippen LogP contribution in [0.2, 0.25) is 0 Å². The fourth-order valence-electron chi connectivity index (χ4n) is 2.44. The van der Waals surface area contributed by atoms with E-state index in [2.05, 4.69) is 22.5 Å². The highest BCUT2D eigenvalue weighted by Crippen LogP contribution is 2.32. The fraction of sp³-hybridized carbons (Fsp3) is 0.611. The average molecular weight is 333 g/mol. The van der Waals surface area contributed by atoms with Gasteiger partial charge < -0.3 is 24.8 Å². The molecule has 0 aromatic heterocycles. The van der Waals surface area contributed by atoms with E-state index in [0.717, 1.165) is 48.6 Å². The first kappa shape index (κ1) is 16.9. The largest absolute Gasteiger partial charge is 0.490 e. The van der Waals surface area contributed by atoms with E-state index in [-0.39, 0.29) is 0 Å². The first-order valence-electron chi connectivity index (χ1n) is 8.88. The van der Waals surface area contributed by atoms with Gasteiger partial charge in [0.05, 0.1) is 26.4 Å². The Labute approximate surface area is 143 Å². The van der Waals surface area contributed by atoms with Crippen LogP contribution in [0.4, 0.5) is 5.69 Å². The highest BCUT2D eigenvalue weighted by Gasteiger charge is 2.20. The van der Waals surface area contributed by atoms with Gasteiger partial charge in [0.1, 0.15) is 0 Å². The van der Waals surface area contributed by atoms with E-state index in [4.69, 9.17) is 14.2 Å². The number of guanidine groups is 1. The first-order valence-corrected chi connectivity index (χ1v) is 8.88. The smallest absolute Gasteiger partial charge is 0.195 e. The zero-order chi connectivity index (χ0) is 16.6. The van der Waals surface area contributed by atoms with Gasteiger partial charge in [0.2, 0.25) is 0 Å². The summed E-state index contributed by atoms with van der Waals surface area (Å²) in [4.78, 5) is 4.55. The number of ether oxygens (including phenoxy) is 3. The maximum atomic E-state index is 5.73. The van der Waals surface area contributed by atoms with E-state index >= 15 is 0 Å². The van der Waals surface area contributed by atoms with Crippen LogP contribution in [-0.4, -0.2) is 45.5 Å². The van der Waals surface area contributed by atoms with Crippen LogP contribution >= 0.6 is 0 Å². The zero-order valence-electron chi connectivity index (χ0n) is 14.3. The molecule has 132 valence electrons. The van der Waals surface area contributed by atoms with Gasteiger partial charge in [0.25, 0.3) is 0 Å². The Hall–Kier alpha value is -1.95. The lowest BCUT2D eigenvalue weighted by molar-refractivity contribution is 0.132. The molecule has 0 saturated heterocycles. The van der Waals surface area contributed by atoms with Gasteiger partial charge in [0, 0.05) is 31.3 Å². The number of anilines is 1. The molecule has 0 spiro atoms. The van der Waals surface area contributed by atoms with Crippen molar-refractivity contribution in [3.05, 3.63) is 18.2 Å². The summed E-state index contributed by atoms with van der Waals surface area (Å²) in [5.74, 6) is 3.12. The van der Waals surface area contributed by atoms with Gasteiger partial charge >= 0.3 is 0 Å². The molecule has 1 heterocycles. The second kappa shape index (κ2) is 8.78. The molecule has 0 amide bonds. The molecule has 1 fully saturated rings. The van der Waals surface area contributed by atoms with Gasteiger partial charge in [-0.05, 0) is 37.8 Å². The predicted octanol–water partition coefficient (Wildman–Crippen LogP) is 2.65. The minimum atomic E-state index is 0.645. The van der Waals surface area contributed by atoms with Crippen molar-refractivity contribution in [3.63, 3.8) is 0 Å². The number of hydrogen-bond acceptors (Lipinski definition) is 4. The number of hydrogen-bond donors (Lipinski definition) is 2. The lowest BCUT2D eigenvalue weighted by atomic mass is 10.3. The standard InChI is InChI=1S/C18H27N3O3/c1-2-19-18(20-8-11-22-13-14-4-5-14)21-15-6-7-16-17(12-15)24-10-3-9-23-16/h6-7,12,14H,2-5,8-11,13H2,1H3,(H2,19,20,21). The zero-order valence-corrected chi connectivity index (χ0v) is 14.3. The molecular formula is C18H27N3O3. The Kier molecular flexibility index (Phi) is 6.18. The summed E-state index contributed by atoms with van der Waals surface area (Å²) >= 11 is 0. The highest BCUT2D eigenvalue weighted by molar-refractivity contribution is 5.93. The number of nitrogens with one attached hydrogen (secondary N) is 2. The molecule has 1 aromatic rings. The van der Waals surface area contributed by atoms with Gasteiger partial charge in [-0.1, -0.05) is 0 Å². The molecule has 0 unspecified atom stereocenters. The first-order chi connectivity index (χ1) is 11.8. The van der Waals surface area contributed by atoms with Crippen molar-refractivity contribution in [1.29, 1.82) is 0 Å². The molecule has 6 nitrogen and oxygen atoms in total. The van der Waals surface area contributed by atoms with Gasteiger partial charge in [-0.2, -0.15) is 0 Å². The third kappa shape index (κ3) is 5.30. The Morgan fingerprint density at radius 3 is 2.88 bits per heavy atom. The van der Waals surface area contributed by atoms with Crippen LogP contribution in [0.3, 0.4) is 0 Å². The Bertz CT molecular complexity index is 558. The molecule has 0 radical (unpaired) electrons. The minimum Gasteiger partial charge on any atom is -0.490 e. The monoisotopic (exact) mass is 333 g/mol. The van der Waals surface area contributed by atoms with Crippen molar-refractivity contribution in [1.82, 2.24) is 5.32 Å². The average Bonchev–Trinajstić information content (AvgIpc) is 3.41. The SMILES string of the molecule is CCNC(=NCCOCC1CC1)Nc1ccc2c(c1)OCCCO2. The summed E-state index contributed by atoms with van der Waals surface area (Å²) < 4.78 is 17.0. The Morgan fingerprint density at radius 1 is 1.25 bits per heavy atom. The molecule has 3 rings (SSSR count). The lowest BCUT2D eigenvalue weighted by Crippen LogP contribution is -2.31. The van der Waals surface area contributed by atoms with Gasteiger partial charge in [-0.15, -0.1) is 0 Å². The molecule has 0 atom stereocenters. The summed E-state index contributed by atoms with van der Waals surface area (Å²) in [6.45, 7) is 6.42. The van der Waals surface area contributed by atoms with Crippen LogP contribution in [0.25, 0.3) is 0 Å². The summed E-state index contributed by atoms with van der Waals surface area (Å²) in [5, 5.41) is 6.56. The van der Waals surface area contributed by atoms with Crippen molar-refractivity contribution in [2.24, 2.45) is 10.9 Å². The van der Waals surface area contributed by atoms with Crippen LogP contribution < -0.4 is 20.1 Å². The normalized spacial score (nSPS) is 17.3. The van der Waals surface area contributed by atoms with E-state index in [9.17, 15) is 0 Å². The predicted molar refractivity (Wildman–Crippen MR) is 95.2 cm³/mol. The molecule has 2 N–H and O–H groups in total. The molecule has 1 aliphatic carbocycles. The van der Waals surface area contributed by atoms with E-state index < -0.39 is 0 Å². The number of rotatable bonds is 7. The minimum absolute atomic E-state index is 0.645. The van der Waals surface area contributed by atoms with Gasteiger partial charge in [-0.3, -0.25) is 4.99 Å². The molecule has 2 aliphatic rings. The molecule has 1 aromatic carbocycles. The highest BCUT2D eigenvalue weighted by atomic mass is 16.5. The van der Waals surface area contributed by atoms with Gasteiger partial charge in [-0.25, -0.2) is 0 Å². The number of nitrogens with zero attached hydrogens (tertiary/aromatic N) is 1. The van der Waals surface area contributed by atoms with E-state index in [1.165, 1.54) is 12.8 Å². The van der Waals surface area contributed by atoms with Crippen LogP contribution in [0.15, 0.2) is 23.2 Å². The quantitative estimate of drug-likeness (QED) is 0.456. The van der Waals surface area contributed by atoms with Crippen molar-refractivity contribution in [2.45, 2.75) is 26.2 Å². The van der Waals surface area contributed by atoms with Crippen molar-refractivity contribution in [2.75, 3.05) is 44.8 Å². The number of aliphatic imine (C=N–C) groups is 1. The Balaban J connectivity index is 1.54. The van der Waals surface area contributed by atoms with Crippen LogP contribution in [0, 0.1) is 5.92 Å². The van der Waals surface area contributed by atoms with E-state index in [1.54, 1.807) is 0 Å². The van der Waals surface area contributed by atoms with Gasteiger partial charge in [0.15, 0.2) is 17.5 Å². The maximum absolute atomic E-state index is 5.73.